The Morgan fingerprint density at radius 1 is 1.44 bits per heavy atom. The molecule has 0 aliphatic carbocycles. The fourth-order valence-corrected chi connectivity index (χ4v) is 1.58. The van der Waals surface area contributed by atoms with Gasteiger partial charge >= 0.3 is 0 Å². The van der Waals surface area contributed by atoms with Crippen LogP contribution in [0, 0.1) is 6.92 Å². The lowest BCUT2D eigenvalue weighted by molar-refractivity contribution is 0.0952. The standard InChI is InChI=1S/C12H14N4O2/c1-8-4-11(17)10(6-15-8)12(18)14-3-2-9-5-13-7-16-9/h4-7H,2-3H2,1H3,(H,13,16)(H,14,18)(H,15,17). The zero-order chi connectivity index (χ0) is 13.0. The van der Waals surface area contributed by atoms with Crippen molar-refractivity contribution in [2.45, 2.75) is 13.3 Å². The molecule has 2 heterocycles. The molecule has 0 bridgehead atoms. The van der Waals surface area contributed by atoms with Crippen LogP contribution in [-0.2, 0) is 6.42 Å². The Kier molecular flexibility index (Phi) is 3.57. The van der Waals surface area contributed by atoms with Gasteiger partial charge in [0.1, 0.15) is 5.56 Å². The number of rotatable bonds is 4. The molecule has 18 heavy (non-hydrogen) atoms. The van der Waals surface area contributed by atoms with Gasteiger partial charge in [0.25, 0.3) is 5.91 Å². The lowest BCUT2D eigenvalue weighted by Gasteiger charge is -2.04. The number of aryl methyl sites for hydroxylation is 1. The van der Waals surface area contributed by atoms with E-state index in [9.17, 15) is 9.59 Å². The number of amides is 1. The summed E-state index contributed by atoms with van der Waals surface area (Å²) < 4.78 is 0. The summed E-state index contributed by atoms with van der Waals surface area (Å²) >= 11 is 0. The Balaban J connectivity index is 1.93. The van der Waals surface area contributed by atoms with E-state index < -0.39 is 0 Å². The van der Waals surface area contributed by atoms with Gasteiger partial charge < -0.3 is 15.3 Å². The van der Waals surface area contributed by atoms with E-state index in [4.69, 9.17) is 0 Å². The molecular formula is C12H14N4O2. The minimum Gasteiger partial charge on any atom is -0.364 e. The van der Waals surface area contributed by atoms with Gasteiger partial charge in [0.2, 0.25) is 0 Å². The number of nitrogens with one attached hydrogen (secondary N) is 3. The van der Waals surface area contributed by atoms with E-state index in [0.717, 1.165) is 11.4 Å². The predicted octanol–water partition coefficient (Wildman–Crippen LogP) is 0.379. The summed E-state index contributed by atoms with van der Waals surface area (Å²) in [5.41, 5.74) is 1.53. The maximum atomic E-state index is 11.7. The van der Waals surface area contributed by atoms with Crippen LogP contribution in [0.5, 0.6) is 0 Å². The van der Waals surface area contributed by atoms with Gasteiger partial charge in [-0.3, -0.25) is 9.59 Å². The fraction of sp³-hybridized carbons (Fsp3) is 0.250. The van der Waals surface area contributed by atoms with Crippen LogP contribution in [0.1, 0.15) is 21.7 Å². The smallest absolute Gasteiger partial charge is 0.256 e. The quantitative estimate of drug-likeness (QED) is 0.728. The first-order valence-electron chi connectivity index (χ1n) is 5.61. The van der Waals surface area contributed by atoms with Crippen LogP contribution in [0.3, 0.4) is 0 Å². The van der Waals surface area contributed by atoms with Crippen LogP contribution < -0.4 is 10.7 Å². The van der Waals surface area contributed by atoms with E-state index in [1.165, 1.54) is 12.3 Å². The largest absolute Gasteiger partial charge is 0.364 e. The van der Waals surface area contributed by atoms with Crippen LogP contribution in [0.2, 0.25) is 0 Å². The summed E-state index contributed by atoms with van der Waals surface area (Å²) in [6, 6.07) is 1.41. The second-order valence-corrected chi connectivity index (χ2v) is 3.98. The summed E-state index contributed by atoms with van der Waals surface area (Å²) in [4.78, 5) is 33.0. The van der Waals surface area contributed by atoms with Crippen molar-refractivity contribution < 1.29 is 4.79 Å². The molecule has 0 aromatic carbocycles. The van der Waals surface area contributed by atoms with Gasteiger partial charge in [-0.1, -0.05) is 0 Å². The highest BCUT2D eigenvalue weighted by Crippen LogP contribution is 1.94. The zero-order valence-electron chi connectivity index (χ0n) is 9.99. The number of carbonyl (C=O) groups is 1. The molecule has 3 N–H and O–H groups in total. The number of pyridine rings is 1. The number of hydrogen-bond donors (Lipinski definition) is 3. The van der Waals surface area contributed by atoms with E-state index in [1.807, 2.05) is 0 Å². The topological polar surface area (TPSA) is 90.6 Å². The molecule has 0 aliphatic rings. The summed E-state index contributed by atoms with van der Waals surface area (Å²) in [5.74, 6) is -0.365. The normalized spacial score (nSPS) is 10.3. The Morgan fingerprint density at radius 3 is 2.94 bits per heavy atom. The number of aromatic nitrogens is 3. The molecule has 0 aliphatic heterocycles. The van der Waals surface area contributed by atoms with Crippen LogP contribution in [0.15, 0.2) is 29.6 Å². The SMILES string of the molecule is Cc1cc(=O)c(C(=O)NCCc2cnc[nH]2)c[nH]1. The average molecular weight is 246 g/mol. The zero-order valence-corrected chi connectivity index (χ0v) is 9.99. The molecule has 0 atom stereocenters. The van der Waals surface area contributed by atoms with Crippen molar-refractivity contribution in [2.75, 3.05) is 6.54 Å². The molecular weight excluding hydrogens is 232 g/mol. The molecule has 0 saturated carbocycles. The highest BCUT2D eigenvalue weighted by molar-refractivity contribution is 5.93. The van der Waals surface area contributed by atoms with E-state index in [2.05, 4.69) is 20.3 Å². The van der Waals surface area contributed by atoms with E-state index in [1.54, 1.807) is 19.4 Å². The molecule has 1 amide bonds. The van der Waals surface area contributed by atoms with Gasteiger partial charge in [-0.2, -0.15) is 0 Å². The first-order chi connectivity index (χ1) is 8.66. The molecule has 0 spiro atoms. The van der Waals surface area contributed by atoms with Crippen LogP contribution in [0.25, 0.3) is 0 Å². The van der Waals surface area contributed by atoms with Crippen LogP contribution in [-0.4, -0.2) is 27.4 Å². The summed E-state index contributed by atoms with van der Waals surface area (Å²) in [6.07, 6.45) is 5.37. The number of aromatic amines is 2. The minimum absolute atomic E-state index is 0.130. The predicted molar refractivity (Wildman–Crippen MR) is 66.4 cm³/mol. The van der Waals surface area contributed by atoms with E-state index in [0.29, 0.717) is 13.0 Å². The van der Waals surface area contributed by atoms with Gasteiger partial charge in [-0.05, 0) is 6.92 Å². The summed E-state index contributed by atoms with van der Waals surface area (Å²) in [7, 11) is 0. The van der Waals surface area contributed by atoms with Crippen molar-refractivity contribution in [1.29, 1.82) is 0 Å². The number of H-pyrrole nitrogens is 2. The maximum absolute atomic E-state index is 11.7. The lowest BCUT2D eigenvalue weighted by Crippen LogP contribution is -2.30. The van der Waals surface area contributed by atoms with Crippen molar-refractivity contribution in [3.63, 3.8) is 0 Å². The molecule has 0 fully saturated rings. The Labute approximate surface area is 103 Å². The third-order valence-corrected chi connectivity index (χ3v) is 2.54. The molecule has 94 valence electrons. The molecule has 2 aromatic rings. The van der Waals surface area contributed by atoms with Crippen molar-refractivity contribution in [1.82, 2.24) is 20.3 Å². The summed E-state index contributed by atoms with van der Waals surface area (Å²) in [6.45, 7) is 2.22. The van der Waals surface area contributed by atoms with Gasteiger partial charge in [0, 0.05) is 42.8 Å². The van der Waals surface area contributed by atoms with Crippen molar-refractivity contribution in [3.05, 3.63) is 52.0 Å². The third-order valence-electron chi connectivity index (χ3n) is 2.54. The Bertz CT molecular complexity index is 586. The third kappa shape index (κ3) is 2.85. The second-order valence-electron chi connectivity index (χ2n) is 3.98. The number of carbonyl (C=O) groups excluding carboxylic acids is 1. The highest BCUT2D eigenvalue weighted by Gasteiger charge is 2.09. The molecule has 2 aromatic heterocycles. The maximum Gasteiger partial charge on any atom is 0.256 e. The lowest BCUT2D eigenvalue weighted by atomic mass is 10.2. The van der Waals surface area contributed by atoms with Gasteiger partial charge in [-0.15, -0.1) is 0 Å². The Hall–Kier alpha value is -2.37. The molecule has 0 unspecified atom stereocenters. The molecule has 0 radical (unpaired) electrons. The van der Waals surface area contributed by atoms with Crippen molar-refractivity contribution in [3.8, 4) is 0 Å². The molecule has 0 saturated heterocycles. The fourth-order valence-electron chi connectivity index (χ4n) is 1.58. The van der Waals surface area contributed by atoms with E-state index in [-0.39, 0.29) is 16.9 Å². The van der Waals surface area contributed by atoms with Crippen LogP contribution >= 0.6 is 0 Å². The minimum atomic E-state index is -0.365. The second kappa shape index (κ2) is 5.31. The van der Waals surface area contributed by atoms with Gasteiger partial charge in [0.05, 0.1) is 6.33 Å². The number of nitrogens with zero attached hydrogens (tertiary/aromatic N) is 1. The number of hydrogen-bond acceptors (Lipinski definition) is 3. The first kappa shape index (κ1) is 12.1. The average Bonchev–Trinajstić information content (AvgIpc) is 2.81. The highest BCUT2D eigenvalue weighted by atomic mass is 16.2. The Morgan fingerprint density at radius 2 is 2.28 bits per heavy atom. The summed E-state index contributed by atoms with van der Waals surface area (Å²) in [5, 5.41) is 2.69. The molecule has 6 heteroatoms. The van der Waals surface area contributed by atoms with Crippen molar-refractivity contribution in [2.24, 2.45) is 0 Å². The molecule has 2 rings (SSSR count). The van der Waals surface area contributed by atoms with Crippen LogP contribution in [0.4, 0.5) is 0 Å². The van der Waals surface area contributed by atoms with Crippen molar-refractivity contribution >= 4 is 5.91 Å². The van der Waals surface area contributed by atoms with E-state index >= 15 is 0 Å². The van der Waals surface area contributed by atoms with Gasteiger partial charge in [-0.25, -0.2) is 4.98 Å². The first-order valence-corrected chi connectivity index (χ1v) is 5.61. The monoisotopic (exact) mass is 246 g/mol. The molecule has 6 nitrogen and oxygen atoms in total. The van der Waals surface area contributed by atoms with Gasteiger partial charge in [0.15, 0.2) is 5.43 Å². The number of imidazole rings is 1.